The molecule has 1 aliphatic rings. The van der Waals surface area contributed by atoms with Crippen molar-refractivity contribution in [2.75, 3.05) is 36.4 Å². The predicted octanol–water partition coefficient (Wildman–Crippen LogP) is 2.04. The highest BCUT2D eigenvalue weighted by Gasteiger charge is 2.27. The summed E-state index contributed by atoms with van der Waals surface area (Å²) < 4.78 is 39.9. The minimum atomic E-state index is -1.60. The van der Waals surface area contributed by atoms with E-state index in [1.807, 2.05) is 9.80 Å². The number of halogens is 3. The number of aromatic nitrogens is 2. The lowest BCUT2D eigenvalue weighted by Gasteiger charge is -2.37. The van der Waals surface area contributed by atoms with Gasteiger partial charge >= 0.3 is 0 Å². The molecule has 1 aliphatic heterocycles. The molecule has 0 spiro atoms. The van der Waals surface area contributed by atoms with E-state index in [0.29, 0.717) is 32.1 Å². The van der Waals surface area contributed by atoms with Crippen LogP contribution < -0.4 is 10.2 Å². The molecule has 26 heavy (non-hydrogen) atoms. The minimum Gasteiger partial charge on any atom is -0.338 e. The number of nitrogens with zero attached hydrogens (tertiary/aromatic N) is 4. The van der Waals surface area contributed by atoms with Gasteiger partial charge in [0.25, 0.3) is 0 Å². The van der Waals surface area contributed by atoms with Gasteiger partial charge in [-0.15, -0.1) is 0 Å². The smallest absolute Gasteiger partial charge is 0.241 e. The van der Waals surface area contributed by atoms with Gasteiger partial charge in [0.1, 0.15) is 0 Å². The van der Waals surface area contributed by atoms with Crippen molar-refractivity contribution in [3.63, 3.8) is 0 Å². The summed E-state index contributed by atoms with van der Waals surface area (Å²) in [5.74, 6) is -4.16. The zero-order valence-corrected chi connectivity index (χ0v) is 14.1. The van der Waals surface area contributed by atoms with Gasteiger partial charge in [-0.1, -0.05) is 0 Å². The van der Waals surface area contributed by atoms with Crippen molar-refractivity contribution in [1.82, 2.24) is 14.9 Å². The Balaban J connectivity index is 1.59. The number of benzene rings is 1. The molecule has 1 amide bonds. The molecule has 2 aromatic rings. The highest BCUT2D eigenvalue weighted by molar-refractivity contribution is 5.94. The first-order valence-corrected chi connectivity index (χ1v) is 8.17. The Morgan fingerprint density at radius 2 is 1.73 bits per heavy atom. The van der Waals surface area contributed by atoms with Gasteiger partial charge < -0.3 is 10.2 Å². The molecule has 1 saturated heterocycles. The van der Waals surface area contributed by atoms with E-state index >= 15 is 0 Å². The fraction of sp³-hybridized carbons (Fsp3) is 0.353. The van der Waals surface area contributed by atoms with Crippen LogP contribution in [0.3, 0.4) is 0 Å². The lowest BCUT2D eigenvalue weighted by atomic mass is 10.2. The van der Waals surface area contributed by atoms with E-state index in [2.05, 4.69) is 15.3 Å². The van der Waals surface area contributed by atoms with E-state index < -0.39 is 29.4 Å². The van der Waals surface area contributed by atoms with Crippen LogP contribution in [0.15, 0.2) is 30.6 Å². The molecule has 1 atom stereocenters. The van der Waals surface area contributed by atoms with Gasteiger partial charge in [0, 0.05) is 38.6 Å². The first-order valence-electron chi connectivity index (χ1n) is 8.17. The molecule has 2 heterocycles. The van der Waals surface area contributed by atoms with Gasteiger partial charge in [0.2, 0.25) is 11.9 Å². The molecule has 0 unspecified atom stereocenters. The average molecular weight is 365 g/mol. The molecule has 1 aromatic carbocycles. The second-order valence-electron chi connectivity index (χ2n) is 5.96. The Morgan fingerprint density at radius 1 is 1.08 bits per heavy atom. The number of piperazine rings is 1. The number of carbonyl (C=O) groups is 1. The number of nitrogens with one attached hydrogen (secondary N) is 1. The fourth-order valence-electron chi connectivity index (χ4n) is 2.79. The fourth-order valence-corrected chi connectivity index (χ4v) is 2.79. The van der Waals surface area contributed by atoms with E-state index in [0.717, 1.165) is 12.1 Å². The average Bonchev–Trinajstić information content (AvgIpc) is 2.68. The first-order chi connectivity index (χ1) is 12.5. The van der Waals surface area contributed by atoms with Crippen LogP contribution in [-0.2, 0) is 4.79 Å². The molecule has 1 aromatic heterocycles. The van der Waals surface area contributed by atoms with E-state index in [1.54, 1.807) is 25.4 Å². The van der Waals surface area contributed by atoms with Crippen molar-refractivity contribution in [3.05, 3.63) is 48.0 Å². The number of rotatable bonds is 4. The Hall–Kier alpha value is -2.68. The van der Waals surface area contributed by atoms with Crippen molar-refractivity contribution in [2.24, 2.45) is 0 Å². The second kappa shape index (κ2) is 7.69. The number of amides is 1. The summed E-state index contributed by atoms with van der Waals surface area (Å²) in [5.41, 5.74) is -0.378. The Bertz CT molecular complexity index is 781. The summed E-state index contributed by atoms with van der Waals surface area (Å²) in [6.45, 7) is 4.14. The third-order valence-electron chi connectivity index (χ3n) is 4.37. The molecule has 1 fully saturated rings. The van der Waals surface area contributed by atoms with Crippen LogP contribution in [0, 0.1) is 17.5 Å². The number of anilines is 2. The third kappa shape index (κ3) is 3.77. The lowest BCUT2D eigenvalue weighted by Crippen LogP contribution is -2.53. The highest BCUT2D eigenvalue weighted by atomic mass is 19.2. The monoisotopic (exact) mass is 365 g/mol. The van der Waals surface area contributed by atoms with Crippen LogP contribution in [0.1, 0.15) is 6.92 Å². The van der Waals surface area contributed by atoms with E-state index in [1.165, 1.54) is 0 Å². The molecule has 0 radical (unpaired) electrons. The maximum atomic E-state index is 13.7. The van der Waals surface area contributed by atoms with E-state index in [-0.39, 0.29) is 5.69 Å². The number of carbonyl (C=O) groups excluding carboxylic acids is 1. The number of hydrogen-bond donors (Lipinski definition) is 1. The third-order valence-corrected chi connectivity index (χ3v) is 4.37. The van der Waals surface area contributed by atoms with Crippen LogP contribution in [0.5, 0.6) is 0 Å². The van der Waals surface area contributed by atoms with Crippen LogP contribution >= 0.6 is 0 Å². The highest BCUT2D eigenvalue weighted by Crippen LogP contribution is 2.20. The molecular weight excluding hydrogens is 347 g/mol. The van der Waals surface area contributed by atoms with Gasteiger partial charge in [-0.3, -0.25) is 9.69 Å². The van der Waals surface area contributed by atoms with Crippen molar-refractivity contribution >= 4 is 17.5 Å². The van der Waals surface area contributed by atoms with Crippen LogP contribution in [-0.4, -0.2) is 53.0 Å². The van der Waals surface area contributed by atoms with Gasteiger partial charge in [0.15, 0.2) is 17.5 Å². The maximum absolute atomic E-state index is 13.7. The van der Waals surface area contributed by atoms with Gasteiger partial charge in [-0.25, -0.2) is 23.1 Å². The van der Waals surface area contributed by atoms with Gasteiger partial charge in [-0.2, -0.15) is 0 Å². The van der Waals surface area contributed by atoms with Crippen molar-refractivity contribution in [2.45, 2.75) is 13.0 Å². The summed E-state index contributed by atoms with van der Waals surface area (Å²) in [5, 5.41) is 2.32. The summed E-state index contributed by atoms with van der Waals surface area (Å²) >= 11 is 0. The first kappa shape index (κ1) is 18.1. The lowest BCUT2D eigenvalue weighted by molar-refractivity contribution is -0.120. The Morgan fingerprint density at radius 3 is 2.38 bits per heavy atom. The molecule has 1 N–H and O–H groups in total. The molecule has 0 saturated carbocycles. The quantitative estimate of drug-likeness (QED) is 0.841. The maximum Gasteiger partial charge on any atom is 0.241 e. The van der Waals surface area contributed by atoms with Crippen molar-refractivity contribution < 1.29 is 18.0 Å². The van der Waals surface area contributed by atoms with Gasteiger partial charge in [-0.05, 0) is 25.1 Å². The van der Waals surface area contributed by atoms with Crippen molar-refractivity contribution in [3.8, 4) is 0 Å². The molecular formula is C17H18F3N5O. The molecule has 138 valence electrons. The Kier molecular flexibility index (Phi) is 5.36. The zero-order chi connectivity index (χ0) is 18.7. The SMILES string of the molecule is C[C@@H](C(=O)Nc1ccc(F)c(F)c1F)N1CCN(c2ncccn2)CC1. The van der Waals surface area contributed by atoms with Crippen LogP contribution in [0.2, 0.25) is 0 Å². The molecule has 3 rings (SSSR count). The minimum absolute atomic E-state index is 0.378. The van der Waals surface area contributed by atoms with Crippen LogP contribution in [0.4, 0.5) is 24.8 Å². The molecule has 6 nitrogen and oxygen atoms in total. The van der Waals surface area contributed by atoms with Gasteiger partial charge in [0.05, 0.1) is 11.7 Å². The summed E-state index contributed by atoms with van der Waals surface area (Å²) in [4.78, 5) is 24.7. The molecule has 9 heteroatoms. The standard InChI is InChI=1S/C17H18F3N5O/c1-11(16(26)23-13-4-3-12(18)14(19)15(13)20)24-7-9-25(10-8-24)17-21-5-2-6-22-17/h2-6,11H,7-10H2,1H3,(H,23,26)/t11-/m0/s1. The second-order valence-corrected chi connectivity index (χ2v) is 5.96. The summed E-state index contributed by atoms with van der Waals surface area (Å²) in [7, 11) is 0. The largest absolute Gasteiger partial charge is 0.338 e. The topological polar surface area (TPSA) is 61.4 Å². The number of hydrogen-bond acceptors (Lipinski definition) is 5. The Labute approximate surface area is 148 Å². The molecule has 0 bridgehead atoms. The van der Waals surface area contributed by atoms with E-state index in [4.69, 9.17) is 0 Å². The molecule has 0 aliphatic carbocycles. The van der Waals surface area contributed by atoms with Crippen LogP contribution in [0.25, 0.3) is 0 Å². The summed E-state index contributed by atoms with van der Waals surface area (Å²) in [6, 6.07) is 2.96. The van der Waals surface area contributed by atoms with E-state index in [9.17, 15) is 18.0 Å². The normalized spacial score (nSPS) is 16.4. The van der Waals surface area contributed by atoms with Crippen molar-refractivity contribution in [1.29, 1.82) is 0 Å². The summed E-state index contributed by atoms with van der Waals surface area (Å²) in [6.07, 6.45) is 3.34. The zero-order valence-electron chi connectivity index (χ0n) is 14.1. The predicted molar refractivity (Wildman–Crippen MR) is 90.2 cm³/mol.